The van der Waals surface area contributed by atoms with Gasteiger partial charge in [-0.1, -0.05) is 169 Å². The van der Waals surface area contributed by atoms with Crippen LogP contribution in [0.3, 0.4) is 0 Å². The van der Waals surface area contributed by atoms with Gasteiger partial charge in [-0.15, -0.1) is 34.0 Å². The number of benzene rings is 7. The van der Waals surface area contributed by atoms with E-state index in [1.165, 1.54) is 173 Å². The molecule has 0 saturated carbocycles. The van der Waals surface area contributed by atoms with Crippen LogP contribution < -0.4 is 0 Å². The van der Waals surface area contributed by atoms with Gasteiger partial charge in [-0.2, -0.15) is 0 Å². The van der Waals surface area contributed by atoms with Crippen LogP contribution in [0.5, 0.6) is 0 Å². The van der Waals surface area contributed by atoms with Gasteiger partial charge in [0, 0.05) is 73.2 Å². The van der Waals surface area contributed by atoms with Gasteiger partial charge in [-0.25, -0.2) is 9.97 Å². The van der Waals surface area contributed by atoms with Gasteiger partial charge in [-0.3, -0.25) is 0 Å². The number of furan rings is 1. The van der Waals surface area contributed by atoms with Crippen LogP contribution in [0.15, 0.2) is 138 Å². The van der Waals surface area contributed by atoms with Crippen molar-refractivity contribution in [1.82, 2.24) is 9.97 Å². The maximum Gasteiger partial charge on any atom is 0.160 e. The van der Waals surface area contributed by atoms with Crippen molar-refractivity contribution in [3.8, 4) is 45.0 Å². The van der Waals surface area contributed by atoms with Crippen LogP contribution in [-0.2, 0) is 5.41 Å². The molecule has 6 heteroatoms. The molecule has 0 radical (unpaired) electrons. The Morgan fingerprint density at radius 3 is 1.74 bits per heavy atom. The maximum atomic E-state index is 6.35. The molecule has 0 N–H and O–H groups in total. The molecule has 5 heterocycles. The molecule has 12 aromatic rings. The summed E-state index contributed by atoms with van der Waals surface area (Å²) in [7, 11) is 0. The highest BCUT2D eigenvalue weighted by atomic mass is 32.1. The second-order valence-corrected chi connectivity index (χ2v) is 24.4. The van der Waals surface area contributed by atoms with E-state index in [9.17, 15) is 0 Å². The molecule has 0 amide bonds. The molecule has 1 aliphatic carbocycles. The van der Waals surface area contributed by atoms with Crippen LogP contribution in [0, 0.1) is 13.8 Å². The van der Waals surface area contributed by atoms with Gasteiger partial charge in [0.2, 0.25) is 0 Å². The minimum Gasteiger partial charge on any atom is -0.456 e. The van der Waals surface area contributed by atoms with Crippen molar-refractivity contribution in [2.45, 2.75) is 123 Å². The van der Waals surface area contributed by atoms with Crippen molar-refractivity contribution in [1.29, 1.82) is 0 Å². The number of thiophene rings is 3. The van der Waals surface area contributed by atoms with Gasteiger partial charge in [0.25, 0.3) is 0 Å². The van der Waals surface area contributed by atoms with Gasteiger partial charge in [0.15, 0.2) is 5.82 Å². The second-order valence-electron chi connectivity index (χ2n) is 21.2. The number of aromatic nitrogens is 2. The lowest BCUT2D eigenvalue weighted by Crippen LogP contribution is -2.25. The van der Waals surface area contributed by atoms with Gasteiger partial charge < -0.3 is 4.42 Å². The maximum absolute atomic E-state index is 6.35. The fraction of sp³-hybridized carbons (Fsp3) is 0.284. The lowest BCUT2D eigenvalue weighted by Gasteiger charge is -2.33. The second kappa shape index (κ2) is 19.3. The minimum atomic E-state index is -0.0302. The van der Waals surface area contributed by atoms with E-state index in [1.807, 2.05) is 40.1 Å². The van der Waals surface area contributed by atoms with Crippen LogP contribution >= 0.6 is 34.0 Å². The van der Waals surface area contributed by atoms with E-state index in [1.54, 1.807) is 5.56 Å². The summed E-state index contributed by atoms with van der Waals surface area (Å²) < 4.78 is 14.2. The predicted octanol–water partition coefficient (Wildman–Crippen LogP) is 21.7. The van der Waals surface area contributed by atoms with Crippen molar-refractivity contribution >= 4 is 106 Å². The quantitative estimate of drug-likeness (QED) is 0.0853. The monoisotopic (exact) mass is 1010 g/mol. The van der Waals surface area contributed by atoms with Gasteiger partial charge in [-0.05, 0) is 115 Å². The molecule has 0 bridgehead atoms. The molecular weight excluding hydrogens is 945 g/mol. The van der Waals surface area contributed by atoms with Crippen molar-refractivity contribution in [2.75, 3.05) is 0 Å². The summed E-state index contributed by atoms with van der Waals surface area (Å²) in [6.07, 6.45) is 18.0. The Kier molecular flexibility index (Phi) is 12.3. The fourth-order valence-corrected chi connectivity index (χ4v) is 16.3. The average molecular weight is 1010 g/mol. The molecule has 3 nitrogen and oxygen atoms in total. The highest BCUT2D eigenvalue weighted by Crippen LogP contribution is 2.56. The normalized spacial score (nSPS) is 13.3. The van der Waals surface area contributed by atoms with Crippen LogP contribution in [0.4, 0.5) is 0 Å². The van der Waals surface area contributed by atoms with E-state index in [-0.39, 0.29) is 5.41 Å². The Balaban J connectivity index is 0.962. The summed E-state index contributed by atoms with van der Waals surface area (Å²) in [5, 5.41) is 7.45. The summed E-state index contributed by atoms with van der Waals surface area (Å²) in [4.78, 5) is 11.1. The first-order valence-corrected chi connectivity index (χ1v) is 29.6. The lowest BCUT2D eigenvalue weighted by molar-refractivity contribution is 0.398. The number of unbranched alkanes of at least 4 members (excludes halogenated alkanes) is 10. The first kappa shape index (κ1) is 46.6. The van der Waals surface area contributed by atoms with Crippen LogP contribution in [0.2, 0.25) is 0 Å². The molecule has 0 aliphatic heterocycles. The molecule has 5 aromatic heterocycles. The van der Waals surface area contributed by atoms with Crippen molar-refractivity contribution < 1.29 is 4.42 Å². The summed E-state index contributed by atoms with van der Waals surface area (Å²) in [5.74, 6) is 0.752. The average Bonchev–Trinajstić information content (AvgIpc) is 4.21. The zero-order valence-electron chi connectivity index (χ0n) is 42.6. The van der Waals surface area contributed by atoms with Gasteiger partial charge >= 0.3 is 0 Å². The van der Waals surface area contributed by atoms with E-state index >= 15 is 0 Å². The zero-order valence-corrected chi connectivity index (χ0v) is 45.1. The molecule has 1 aliphatic rings. The third-order valence-corrected chi connectivity index (χ3v) is 19.8. The number of rotatable bonds is 17. The third-order valence-electron chi connectivity index (χ3n) is 16.2. The van der Waals surface area contributed by atoms with Crippen LogP contribution in [0.25, 0.3) is 117 Å². The number of hydrogen-bond donors (Lipinski definition) is 0. The van der Waals surface area contributed by atoms with Crippen molar-refractivity contribution in [2.24, 2.45) is 0 Å². The first-order chi connectivity index (χ1) is 35.8. The summed E-state index contributed by atoms with van der Waals surface area (Å²) in [5.41, 5.74) is 15.6. The molecule has 13 rings (SSSR count). The number of nitrogens with zero attached hydrogens (tertiary/aromatic N) is 2. The van der Waals surface area contributed by atoms with E-state index in [4.69, 9.17) is 14.4 Å². The highest BCUT2D eigenvalue weighted by Gasteiger charge is 2.42. The summed E-state index contributed by atoms with van der Waals surface area (Å²) in [6, 6.07) is 50.6. The number of para-hydroxylation sites is 1. The topological polar surface area (TPSA) is 38.9 Å². The Morgan fingerprint density at radius 2 is 0.986 bits per heavy atom. The molecular formula is C67H62N2OS3. The summed E-state index contributed by atoms with van der Waals surface area (Å²) >= 11 is 5.66. The number of hydrogen-bond acceptors (Lipinski definition) is 6. The standard InChI is InChI=1S/C67H62N2OS3/c1-5-7-9-11-13-17-31-67(32-18-14-12-10-8-6-2)54-33-41(3)21-26-46(54)47-28-23-43(36-55(47)67)56-39-57(44-24-29-50-62(37-44)73-64-49-27-22-42(4)34-61(49)72-65(50)64)69-66(68-56)45-25-30-60-52(35-45)53-38-51-48-19-15-16-20-58(48)70-59(51)40-63(53)71-60/h15-16,19-30,33-40H,5-14,17-18,31-32H2,1-4H3. The van der Waals surface area contributed by atoms with Crippen molar-refractivity contribution in [3.05, 3.63) is 156 Å². The third kappa shape index (κ3) is 8.29. The van der Waals surface area contributed by atoms with E-state index < -0.39 is 0 Å². The Labute approximate surface area is 441 Å². The molecule has 73 heavy (non-hydrogen) atoms. The lowest BCUT2D eigenvalue weighted by atomic mass is 9.70. The largest absolute Gasteiger partial charge is 0.456 e. The zero-order chi connectivity index (χ0) is 49.2. The molecule has 364 valence electrons. The van der Waals surface area contributed by atoms with E-state index in [0.29, 0.717) is 0 Å². The number of fused-ring (bicyclic) bond motifs is 14. The predicted molar refractivity (Wildman–Crippen MR) is 318 cm³/mol. The van der Waals surface area contributed by atoms with Gasteiger partial charge in [0.05, 0.1) is 20.8 Å². The molecule has 0 spiro atoms. The molecule has 0 unspecified atom stereocenters. The molecule has 0 fully saturated rings. The first-order valence-electron chi connectivity index (χ1n) is 27.1. The highest BCUT2D eigenvalue weighted by molar-refractivity contribution is 7.36. The van der Waals surface area contributed by atoms with E-state index in [0.717, 1.165) is 50.3 Å². The smallest absolute Gasteiger partial charge is 0.160 e. The van der Waals surface area contributed by atoms with Crippen LogP contribution in [0.1, 0.15) is 126 Å². The molecule has 0 saturated heterocycles. The van der Waals surface area contributed by atoms with Gasteiger partial charge in [0.1, 0.15) is 11.2 Å². The SMILES string of the molecule is CCCCCCCCC1(CCCCCCCC)c2cc(C)ccc2-c2ccc(-c3cc(-c4ccc5c(c4)sc4c6ccc(C)cc6sc54)nc(-c4ccc5sc6cc7oc8ccccc8c7cc6c5c4)n3)cc21. The minimum absolute atomic E-state index is 0.0302. The van der Waals surface area contributed by atoms with E-state index in [2.05, 4.69) is 155 Å². The Hall–Kier alpha value is -6.18. The Bertz CT molecular complexity index is 4050. The number of aryl methyl sites for hydroxylation is 2. The fourth-order valence-electron chi connectivity index (χ4n) is 12.4. The Morgan fingerprint density at radius 1 is 0.411 bits per heavy atom. The summed E-state index contributed by atoms with van der Waals surface area (Å²) in [6.45, 7) is 9.12. The van der Waals surface area contributed by atoms with Crippen molar-refractivity contribution in [3.63, 3.8) is 0 Å². The van der Waals surface area contributed by atoms with Crippen LogP contribution in [-0.4, -0.2) is 9.97 Å². The molecule has 7 aromatic carbocycles. The molecule has 0 atom stereocenters.